The average molecular weight is 319 g/mol. The first-order valence-corrected chi connectivity index (χ1v) is 6.46. The van der Waals surface area contributed by atoms with Gasteiger partial charge in [-0.2, -0.15) is 0 Å². The maximum atomic E-state index is 3.63. The van der Waals surface area contributed by atoms with Gasteiger partial charge in [0.2, 0.25) is 0 Å². The van der Waals surface area contributed by atoms with Crippen LogP contribution in [0.3, 0.4) is 0 Å². The molecule has 0 fully saturated rings. The van der Waals surface area contributed by atoms with Crippen molar-refractivity contribution in [3.05, 3.63) is 32.2 Å². The lowest BCUT2D eigenvalue weighted by atomic mass is 9.88. The third-order valence-corrected chi connectivity index (χ3v) is 4.00. The van der Waals surface area contributed by atoms with Gasteiger partial charge in [0, 0.05) is 15.0 Å². The van der Waals surface area contributed by atoms with Crippen LogP contribution in [0.15, 0.2) is 21.1 Å². The third-order valence-electron chi connectivity index (χ3n) is 2.84. The Morgan fingerprint density at radius 3 is 2.86 bits per heavy atom. The Morgan fingerprint density at radius 1 is 1.36 bits per heavy atom. The highest BCUT2D eigenvalue weighted by Gasteiger charge is 2.20. The molecule has 1 aliphatic rings. The van der Waals surface area contributed by atoms with Crippen LogP contribution >= 0.6 is 31.9 Å². The second-order valence-electron chi connectivity index (χ2n) is 3.69. The van der Waals surface area contributed by atoms with E-state index in [1.165, 1.54) is 34.9 Å². The topological polar surface area (TPSA) is 12.0 Å². The van der Waals surface area contributed by atoms with Crippen LogP contribution in [0.5, 0.6) is 0 Å². The molecule has 0 amide bonds. The number of fused-ring (bicyclic) bond motifs is 1. The minimum absolute atomic E-state index is 0.521. The molecule has 1 aromatic rings. The summed E-state index contributed by atoms with van der Waals surface area (Å²) in [5.41, 5.74) is 2.92. The van der Waals surface area contributed by atoms with Crippen LogP contribution in [-0.4, -0.2) is 7.05 Å². The first-order valence-electron chi connectivity index (χ1n) is 4.87. The minimum atomic E-state index is 0.521. The molecule has 2 rings (SSSR count). The first-order chi connectivity index (χ1) is 6.72. The normalized spacial score (nSPS) is 20.6. The summed E-state index contributed by atoms with van der Waals surface area (Å²) in [6, 6.07) is 4.89. The Bertz CT molecular complexity index is 349. The number of halogens is 2. The van der Waals surface area contributed by atoms with Crippen molar-refractivity contribution in [2.45, 2.75) is 25.3 Å². The molecular formula is C11H13Br2N. The maximum absolute atomic E-state index is 3.63. The van der Waals surface area contributed by atoms with E-state index in [4.69, 9.17) is 0 Å². The number of benzene rings is 1. The number of hydrogen-bond acceptors (Lipinski definition) is 1. The quantitative estimate of drug-likeness (QED) is 0.830. The van der Waals surface area contributed by atoms with E-state index in [1.807, 2.05) is 7.05 Å². The lowest BCUT2D eigenvalue weighted by molar-refractivity contribution is 0.495. The van der Waals surface area contributed by atoms with E-state index in [9.17, 15) is 0 Å². The van der Waals surface area contributed by atoms with Crippen molar-refractivity contribution in [2.24, 2.45) is 0 Å². The van der Waals surface area contributed by atoms with Gasteiger partial charge in [-0.1, -0.05) is 31.9 Å². The molecule has 0 radical (unpaired) electrons. The molecule has 76 valence electrons. The van der Waals surface area contributed by atoms with Crippen LogP contribution in [0.2, 0.25) is 0 Å². The largest absolute Gasteiger partial charge is 0.313 e. The molecule has 0 saturated heterocycles. The second-order valence-corrected chi connectivity index (χ2v) is 5.46. The van der Waals surface area contributed by atoms with E-state index in [1.54, 1.807) is 0 Å². The molecule has 1 nitrogen and oxygen atoms in total. The zero-order valence-electron chi connectivity index (χ0n) is 8.11. The van der Waals surface area contributed by atoms with E-state index < -0.39 is 0 Å². The fraction of sp³-hybridized carbons (Fsp3) is 0.455. The summed E-state index contributed by atoms with van der Waals surface area (Å²) >= 11 is 7.17. The standard InChI is InChI=1S/C11H13Br2N/c1-14-11-4-2-3-8-9(11)5-7(12)6-10(8)13/h5-6,11,14H,2-4H2,1H3. The van der Waals surface area contributed by atoms with E-state index in [0.29, 0.717) is 6.04 Å². The van der Waals surface area contributed by atoms with Crippen LogP contribution in [-0.2, 0) is 6.42 Å². The highest BCUT2D eigenvalue weighted by atomic mass is 79.9. The van der Waals surface area contributed by atoms with Crippen molar-refractivity contribution in [3.63, 3.8) is 0 Å². The molecule has 0 aromatic heterocycles. The van der Waals surface area contributed by atoms with Crippen molar-refractivity contribution in [3.8, 4) is 0 Å². The molecule has 0 saturated carbocycles. The zero-order valence-corrected chi connectivity index (χ0v) is 11.3. The van der Waals surface area contributed by atoms with Crippen molar-refractivity contribution >= 4 is 31.9 Å². The molecule has 0 heterocycles. The molecule has 3 heteroatoms. The van der Waals surface area contributed by atoms with Crippen LogP contribution in [0.4, 0.5) is 0 Å². The van der Waals surface area contributed by atoms with E-state index in [-0.39, 0.29) is 0 Å². The molecule has 1 unspecified atom stereocenters. The zero-order chi connectivity index (χ0) is 10.1. The van der Waals surface area contributed by atoms with Crippen LogP contribution in [0, 0.1) is 0 Å². The van der Waals surface area contributed by atoms with Gasteiger partial charge >= 0.3 is 0 Å². The van der Waals surface area contributed by atoms with Gasteiger partial charge in [0.1, 0.15) is 0 Å². The van der Waals surface area contributed by atoms with E-state index in [2.05, 4.69) is 49.3 Å². The number of hydrogen-bond donors (Lipinski definition) is 1. The van der Waals surface area contributed by atoms with Crippen LogP contribution in [0.25, 0.3) is 0 Å². The predicted octanol–water partition coefficient (Wildman–Crippen LogP) is 3.81. The van der Waals surface area contributed by atoms with Gasteiger partial charge in [0.05, 0.1) is 0 Å². The van der Waals surface area contributed by atoms with Crippen molar-refractivity contribution in [2.75, 3.05) is 7.05 Å². The van der Waals surface area contributed by atoms with Gasteiger partial charge in [-0.05, 0) is 49.6 Å². The van der Waals surface area contributed by atoms with Crippen molar-refractivity contribution < 1.29 is 0 Å². The number of nitrogens with one attached hydrogen (secondary N) is 1. The van der Waals surface area contributed by atoms with Crippen molar-refractivity contribution in [1.29, 1.82) is 0 Å². The molecule has 14 heavy (non-hydrogen) atoms. The molecule has 0 aliphatic heterocycles. The maximum Gasteiger partial charge on any atom is 0.0321 e. The van der Waals surface area contributed by atoms with Gasteiger partial charge in [0.25, 0.3) is 0 Å². The Balaban J connectivity index is 2.51. The van der Waals surface area contributed by atoms with Gasteiger partial charge < -0.3 is 5.32 Å². The molecule has 1 atom stereocenters. The summed E-state index contributed by atoms with van der Waals surface area (Å²) in [4.78, 5) is 0. The fourth-order valence-corrected chi connectivity index (χ4v) is 3.59. The Hall–Kier alpha value is 0.140. The molecular weight excluding hydrogens is 306 g/mol. The third kappa shape index (κ3) is 1.90. The molecule has 1 aromatic carbocycles. The lowest BCUT2D eigenvalue weighted by Crippen LogP contribution is -2.21. The van der Waals surface area contributed by atoms with Crippen LogP contribution in [0.1, 0.15) is 30.0 Å². The first kappa shape index (κ1) is 10.7. The Kier molecular flexibility index (Phi) is 3.30. The monoisotopic (exact) mass is 317 g/mol. The van der Waals surface area contributed by atoms with Gasteiger partial charge in [-0.15, -0.1) is 0 Å². The molecule has 0 spiro atoms. The highest BCUT2D eigenvalue weighted by molar-refractivity contribution is 9.11. The highest BCUT2D eigenvalue weighted by Crippen LogP contribution is 2.36. The predicted molar refractivity (Wildman–Crippen MR) is 66.6 cm³/mol. The average Bonchev–Trinajstić information content (AvgIpc) is 2.17. The molecule has 0 bridgehead atoms. The minimum Gasteiger partial charge on any atom is -0.313 e. The summed E-state index contributed by atoms with van der Waals surface area (Å²) in [6.45, 7) is 0. The molecule has 1 N–H and O–H groups in total. The SMILES string of the molecule is CNC1CCCc2c(Br)cc(Br)cc21. The van der Waals surface area contributed by atoms with E-state index >= 15 is 0 Å². The van der Waals surface area contributed by atoms with Gasteiger partial charge in [0.15, 0.2) is 0 Å². The Morgan fingerprint density at radius 2 is 2.14 bits per heavy atom. The van der Waals surface area contributed by atoms with E-state index in [0.717, 1.165) is 4.47 Å². The number of rotatable bonds is 1. The van der Waals surface area contributed by atoms with Gasteiger partial charge in [-0.25, -0.2) is 0 Å². The summed E-state index contributed by atoms with van der Waals surface area (Å²) in [7, 11) is 2.04. The van der Waals surface area contributed by atoms with Crippen molar-refractivity contribution in [1.82, 2.24) is 5.32 Å². The second kappa shape index (κ2) is 4.33. The van der Waals surface area contributed by atoms with Gasteiger partial charge in [-0.3, -0.25) is 0 Å². The summed E-state index contributed by atoms with van der Waals surface area (Å²) < 4.78 is 2.40. The molecule has 1 aliphatic carbocycles. The Labute approximate surface area is 102 Å². The summed E-state index contributed by atoms with van der Waals surface area (Å²) in [6.07, 6.45) is 3.71. The summed E-state index contributed by atoms with van der Waals surface area (Å²) in [5, 5.41) is 3.37. The fourth-order valence-electron chi connectivity index (χ4n) is 2.14. The smallest absolute Gasteiger partial charge is 0.0321 e. The van der Waals surface area contributed by atoms with Crippen LogP contribution < -0.4 is 5.32 Å². The lowest BCUT2D eigenvalue weighted by Gasteiger charge is -2.26. The summed E-state index contributed by atoms with van der Waals surface area (Å²) in [5.74, 6) is 0.